The minimum absolute atomic E-state index is 0.800. The van der Waals surface area contributed by atoms with E-state index in [-0.39, 0.29) is 0 Å². The van der Waals surface area contributed by atoms with E-state index in [4.69, 9.17) is 0 Å². The quantitative estimate of drug-likeness (QED) is 0.805. The number of nitrogens with zero attached hydrogens (tertiary/aromatic N) is 1. The van der Waals surface area contributed by atoms with E-state index in [2.05, 4.69) is 33.7 Å². The number of aromatic nitrogens is 2. The summed E-state index contributed by atoms with van der Waals surface area (Å²) in [4.78, 5) is 0. The molecule has 3 nitrogen and oxygen atoms in total. The van der Waals surface area contributed by atoms with Crippen LogP contribution < -0.4 is 5.32 Å². The Morgan fingerprint density at radius 2 is 2.38 bits per heavy atom. The van der Waals surface area contributed by atoms with E-state index in [1.54, 1.807) is 0 Å². The molecule has 0 spiro atoms. The Balaban J connectivity index is 1.77. The number of H-pyrrole nitrogens is 1. The van der Waals surface area contributed by atoms with Gasteiger partial charge in [-0.1, -0.05) is 12.1 Å². The largest absolute Gasteiger partial charge is 0.316 e. The fourth-order valence-corrected chi connectivity index (χ4v) is 2.54. The van der Waals surface area contributed by atoms with Crippen LogP contribution >= 0.6 is 0 Å². The third-order valence-electron chi connectivity index (χ3n) is 3.43. The molecular formula is C13H17N3. The third-order valence-corrected chi connectivity index (χ3v) is 3.43. The van der Waals surface area contributed by atoms with Crippen molar-refractivity contribution < 1.29 is 0 Å². The van der Waals surface area contributed by atoms with Crippen LogP contribution in [0.3, 0.4) is 0 Å². The van der Waals surface area contributed by atoms with Gasteiger partial charge in [-0.2, -0.15) is 5.10 Å². The van der Waals surface area contributed by atoms with Crippen LogP contribution in [0, 0.1) is 5.92 Å². The normalized spacial score (nSPS) is 21.4. The van der Waals surface area contributed by atoms with Crippen molar-refractivity contribution in [3.8, 4) is 0 Å². The van der Waals surface area contributed by atoms with Crippen LogP contribution in [0.15, 0.2) is 24.4 Å². The molecule has 16 heavy (non-hydrogen) atoms. The van der Waals surface area contributed by atoms with Crippen molar-refractivity contribution >= 4 is 10.9 Å². The number of aromatic amines is 1. The molecule has 1 aliphatic heterocycles. The van der Waals surface area contributed by atoms with Crippen molar-refractivity contribution in [2.24, 2.45) is 5.92 Å². The minimum atomic E-state index is 0.800. The molecule has 0 bridgehead atoms. The Morgan fingerprint density at radius 3 is 3.25 bits per heavy atom. The Bertz CT molecular complexity index is 469. The number of benzene rings is 1. The Kier molecular flexibility index (Phi) is 2.62. The molecule has 1 fully saturated rings. The van der Waals surface area contributed by atoms with Gasteiger partial charge in [0.2, 0.25) is 0 Å². The van der Waals surface area contributed by atoms with Crippen LogP contribution in [0.1, 0.15) is 18.4 Å². The first-order valence-corrected chi connectivity index (χ1v) is 6.04. The minimum Gasteiger partial charge on any atom is -0.316 e. The van der Waals surface area contributed by atoms with Gasteiger partial charge in [-0.15, -0.1) is 0 Å². The molecule has 0 radical (unpaired) electrons. The highest BCUT2D eigenvalue weighted by atomic mass is 15.1. The molecule has 1 saturated heterocycles. The second-order valence-corrected chi connectivity index (χ2v) is 4.71. The number of rotatable bonds is 2. The molecule has 2 aromatic rings. The molecule has 3 rings (SSSR count). The van der Waals surface area contributed by atoms with E-state index in [1.807, 2.05) is 6.20 Å². The maximum Gasteiger partial charge on any atom is 0.0653 e. The van der Waals surface area contributed by atoms with Crippen molar-refractivity contribution in [3.05, 3.63) is 30.0 Å². The van der Waals surface area contributed by atoms with Gasteiger partial charge in [-0.05, 0) is 49.9 Å². The van der Waals surface area contributed by atoms with Gasteiger partial charge in [0.15, 0.2) is 0 Å². The molecule has 0 aliphatic carbocycles. The number of hydrogen-bond acceptors (Lipinski definition) is 2. The molecule has 0 saturated carbocycles. The van der Waals surface area contributed by atoms with Gasteiger partial charge in [0.05, 0.1) is 11.7 Å². The summed E-state index contributed by atoms with van der Waals surface area (Å²) in [5.41, 5.74) is 2.58. The summed E-state index contributed by atoms with van der Waals surface area (Å²) < 4.78 is 0. The summed E-state index contributed by atoms with van der Waals surface area (Å²) in [6, 6.07) is 6.62. The van der Waals surface area contributed by atoms with Gasteiger partial charge >= 0.3 is 0 Å². The summed E-state index contributed by atoms with van der Waals surface area (Å²) in [6.07, 6.45) is 5.73. The van der Waals surface area contributed by atoms with Crippen LogP contribution in [-0.2, 0) is 6.42 Å². The molecular weight excluding hydrogens is 198 g/mol. The lowest BCUT2D eigenvalue weighted by Crippen LogP contribution is -2.30. The second kappa shape index (κ2) is 4.26. The molecule has 3 heteroatoms. The van der Waals surface area contributed by atoms with E-state index in [1.165, 1.54) is 43.3 Å². The van der Waals surface area contributed by atoms with Crippen molar-refractivity contribution in [1.82, 2.24) is 15.5 Å². The highest BCUT2D eigenvalue weighted by Gasteiger charge is 2.13. The first-order chi connectivity index (χ1) is 7.92. The van der Waals surface area contributed by atoms with E-state index in [0.29, 0.717) is 0 Å². The molecule has 1 aliphatic rings. The second-order valence-electron chi connectivity index (χ2n) is 4.71. The average Bonchev–Trinajstić information content (AvgIpc) is 2.77. The highest BCUT2D eigenvalue weighted by Crippen LogP contribution is 2.19. The fraction of sp³-hybridized carbons (Fsp3) is 0.462. The maximum absolute atomic E-state index is 4.05. The Labute approximate surface area is 95.2 Å². The summed E-state index contributed by atoms with van der Waals surface area (Å²) >= 11 is 0. The maximum atomic E-state index is 4.05. The van der Waals surface area contributed by atoms with Crippen LogP contribution in [0.5, 0.6) is 0 Å². The van der Waals surface area contributed by atoms with E-state index < -0.39 is 0 Å². The third kappa shape index (κ3) is 1.95. The first-order valence-electron chi connectivity index (χ1n) is 6.04. The number of fused-ring (bicyclic) bond motifs is 1. The molecule has 1 aromatic carbocycles. The smallest absolute Gasteiger partial charge is 0.0653 e. The number of hydrogen-bond donors (Lipinski definition) is 2. The van der Waals surface area contributed by atoms with Crippen molar-refractivity contribution in [2.75, 3.05) is 13.1 Å². The lowest BCUT2D eigenvalue weighted by Gasteiger charge is -2.22. The molecule has 1 aromatic heterocycles. The van der Waals surface area contributed by atoms with Gasteiger partial charge in [-0.3, -0.25) is 5.10 Å². The predicted octanol–water partition coefficient (Wildman–Crippen LogP) is 2.10. The van der Waals surface area contributed by atoms with E-state index in [0.717, 1.165) is 11.4 Å². The van der Waals surface area contributed by atoms with Crippen molar-refractivity contribution in [3.63, 3.8) is 0 Å². The number of piperidine rings is 1. The first kappa shape index (κ1) is 9.85. The zero-order valence-corrected chi connectivity index (χ0v) is 9.37. The zero-order valence-electron chi connectivity index (χ0n) is 9.37. The van der Waals surface area contributed by atoms with Gasteiger partial charge in [0.1, 0.15) is 0 Å². The summed E-state index contributed by atoms with van der Waals surface area (Å²) in [6.45, 7) is 2.36. The fourth-order valence-electron chi connectivity index (χ4n) is 2.54. The molecule has 1 unspecified atom stereocenters. The SMILES string of the molecule is c1cc2cn[nH]c2cc1CC1CCCNC1. The van der Waals surface area contributed by atoms with Crippen LogP contribution in [0.25, 0.3) is 10.9 Å². The average molecular weight is 215 g/mol. The number of nitrogens with one attached hydrogen (secondary N) is 2. The molecule has 1 atom stereocenters. The Hall–Kier alpha value is -1.35. The lowest BCUT2D eigenvalue weighted by molar-refractivity contribution is 0.376. The lowest BCUT2D eigenvalue weighted by atomic mass is 9.92. The Morgan fingerprint density at radius 1 is 1.38 bits per heavy atom. The highest BCUT2D eigenvalue weighted by molar-refractivity contribution is 5.78. The topological polar surface area (TPSA) is 40.7 Å². The van der Waals surface area contributed by atoms with Crippen LogP contribution in [-0.4, -0.2) is 23.3 Å². The van der Waals surface area contributed by atoms with Crippen molar-refractivity contribution in [1.29, 1.82) is 0 Å². The molecule has 84 valence electrons. The molecule has 0 amide bonds. The summed E-state index contributed by atoms with van der Waals surface area (Å²) in [5, 5.41) is 11.8. The summed E-state index contributed by atoms with van der Waals surface area (Å²) in [5.74, 6) is 0.800. The summed E-state index contributed by atoms with van der Waals surface area (Å²) in [7, 11) is 0. The monoisotopic (exact) mass is 215 g/mol. The van der Waals surface area contributed by atoms with Gasteiger partial charge < -0.3 is 5.32 Å². The van der Waals surface area contributed by atoms with Gasteiger partial charge in [0.25, 0.3) is 0 Å². The van der Waals surface area contributed by atoms with Gasteiger partial charge in [0, 0.05) is 5.39 Å². The van der Waals surface area contributed by atoms with Crippen LogP contribution in [0.4, 0.5) is 0 Å². The van der Waals surface area contributed by atoms with Gasteiger partial charge in [-0.25, -0.2) is 0 Å². The zero-order chi connectivity index (χ0) is 10.8. The molecule has 2 N–H and O–H groups in total. The van der Waals surface area contributed by atoms with Crippen molar-refractivity contribution in [2.45, 2.75) is 19.3 Å². The molecule has 2 heterocycles. The standard InChI is InChI=1S/C13H17N3/c1-2-11(8-14-5-1)6-10-3-4-12-9-15-16-13(12)7-10/h3-4,7,9,11,14H,1-2,5-6,8H2,(H,15,16). The van der Waals surface area contributed by atoms with E-state index >= 15 is 0 Å². The van der Waals surface area contributed by atoms with E-state index in [9.17, 15) is 0 Å². The van der Waals surface area contributed by atoms with Crippen LogP contribution in [0.2, 0.25) is 0 Å². The predicted molar refractivity (Wildman–Crippen MR) is 65.4 cm³/mol.